The fourth-order valence-corrected chi connectivity index (χ4v) is 2.92. The Morgan fingerprint density at radius 3 is 1.79 bits per heavy atom. The van der Waals surface area contributed by atoms with Crippen molar-refractivity contribution in [2.24, 2.45) is 23.7 Å². The first kappa shape index (κ1) is 15.3. The monoisotopic (exact) mass is 266 g/mol. The van der Waals surface area contributed by atoms with Gasteiger partial charge in [0.1, 0.15) is 0 Å². The molecule has 2 aliphatic carbocycles. The highest BCUT2D eigenvalue weighted by atomic mass is 15.2. The summed E-state index contributed by atoms with van der Waals surface area (Å²) < 4.78 is 0. The molecule has 0 aliphatic heterocycles. The normalized spacial score (nSPS) is 21.6. The molecule has 0 saturated heterocycles. The average molecular weight is 266 g/mol. The third kappa shape index (κ3) is 5.83. The van der Waals surface area contributed by atoms with Gasteiger partial charge in [-0.05, 0) is 55.9 Å². The largest absolute Gasteiger partial charge is 0.315 e. The van der Waals surface area contributed by atoms with Crippen LogP contribution in [0.3, 0.4) is 0 Å². The highest BCUT2D eigenvalue weighted by Crippen LogP contribution is 2.35. The van der Waals surface area contributed by atoms with Crippen LogP contribution in [0.1, 0.15) is 53.4 Å². The van der Waals surface area contributed by atoms with Crippen LogP contribution in [-0.4, -0.2) is 37.1 Å². The van der Waals surface area contributed by atoms with Gasteiger partial charge < -0.3 is 5.32 Å². The minimum absolute atomic E-state index is 0.736. The van der Waals surface area contributed by atoms with Gasteiger partial charge in [-0.3, -0.25) is 4.90 Å². The molecule has 0 aromatic heterocycles. The maximum absolute atomic E-state index is 3.69. The first-order valence-corrected chi connectivity index (χ1v) is 8.51. The summed E-state index contributed by atoms with van der Waals surface area (Å²) in [4.78, 5) is 2.83. The Bertz CT molecular complexity index is 240. The molecule has 0 aromatic carbocycles. The fraction of sp³-hybridized carbons (Fsp3) is 1.00. The van der Waals surface area contributed by atoms with E-state index in [0.29, 0.717) is 0 Å². The van der Waals surface area contributed by atoms with Gasteiger partial charge in [0.15, 0.2) is 0 Å². The Hall–Kier alpha value is -0.0800. The molecule has 0 radical (unpaired) electrons. The van der Waals surface area contributed by atoms with E-state index in [4.69, 9.17) is 0 Å². The van der Waals surface area contributed by atoms with Crippen molar-refractivity contribution in [1.29, 1.82) is 0 Å². The van der Waals surface area contributed by atoms with Gasteiger partial charge in [-0.1, -0.05) is 27.7 Å². The van der Waals surface area contributed by atoms with E-state index in [-0.39, 0.29) is 0 Å². The van der Waals surface area contributed by atoms with Gasteiger partial charge in [-0.2, -0.15) is 0 Å². The van der Waals surface area contributed by atoms with E-state index in [1.54, 1.807) is 0 Å². The quantitative estimate of drug-likeness (QED) is 0.652. The molecule has 2 aliphatic rings. The van der Waals surface area contributed by atoms with Crippen molar-refractivity contribution in [3.8, 4) is 0 Å². The van der Waals surface area contributed by atoms with Crippen LogP contribution in [0.4, 0.5) is 0 Å². The zero-order valence-corrected chi connectivity index (χ0v) is 13.5. The fourth-order valence-electron chi connectivity index (χ4n) is 2.92. The Morgan fingerprint density at radius 2 is 1.42 bits per heavy atom. The van der Waals surface area contributed by atoms with Crippen molar-refractivity contribution >= 4 is 0 Å². The highest BCUT2D eigenvalue weighted by molar-refractivity contribution is 4.87. The van der Waals surface area contributed by atoms with Gasteiger partial charge in [-0.25, -0.2) is 0 Å². The average Bonchev–Trinajstić information content (AvgIpc) is 3.17. The van der Waals surface area contributed by atoms with Crippen LogP contribution in [-0.2, 0) is 0 Å². The molecule has 0 heterocycles. The molecule has 1 N–H and O–H groups in total. The third-order valence-corrected chi connectivity index (χ3v) is 4.52. The van der Waals surface area contributed by atoms with Crippen molar-refractivity contribution in [2.75, 3.05) is 26.2 Å². The summed E-state index contributed by atoms with van der Waals surface area (Å²) in [5.74, 6) is 3.56. The second-order valence-corrected chi connectivity index (χ2v) is 7.70. The maximum atomic E-state index is 3.69. The van der Waals surface area contributed by atoms with Crippen molar-refractivity contribution in [3.05, 3.63) is 0 Å². The van der Waals surface area contributed by atoms with Crippen LogP contribution < -0.4 is 5.32 Å². The van der Waals surface area contributed by atoms with Gasteiger partial charge in [0.2, 0.25) is 0 Å². The zero-order chi connectivity index (χ0) is 13.8. The number of hydrogen-bond donors (Lipinski definition) is 1. The van der Waals surface area contributed by atoms with Crippen LogP contribution in [0.2, 0.25) is 0 Å². The molecule has 0 aromatic rings. The lowest BCUT2D eigenvalue weighted by Crippen LogP contribution is -2.47. The van der Waals surface area contributed by atoms with E-state index in [2.05, 4.69) is 37.9 Å². The van der Waals surface area contributed by atoms with Crippen molar-refractivity contribution in [1.82, 2.24) is 10.2 Å². The molecule has 2 saturated carbocycles. The second kappa shape index (κ2) is 7.08. The summed E-state index contributed by atoms with van der Waals surface area (Å²) in [6.45, 7) is 14.4. The Morgan fingerprint density at radius 1 is 0.895 bits per heavy atom. The Kier molecular flexibility index (Phi) is 5.70. The van der Waals surface area contributed by atoms with E-state index in [1.807, 2.05) is 0 Å². The number of nitrogens with zero attached hydrogens (tertiary/aromatic N) is 1. The second-order valence-electron chi connectivity index (χ2n) is 7.70. The molecule has 2 fully saturated rings. The maximum Gasteiger partial charge on any atom is 0.0243 e. The predicted molar refractivity (Wildman–Crippen MR) is 83.4 cm³/mol. The Labute approximate surface area is 120 Å². The van der Waals surface area contributed by atoms with Crippen molar-refractivity contribution < 1.29 is 0 Å². The van der Waals surface area contributed by atoms with E-state index < -0.39 is 0 Å². The molecule has 1 unspecified atom stereocenters. The number of nitrogens with one attached hydrogen (secondary N) is 1. The molecule has 112 valence electrons. The molecule has 0 amide bonds. The van der Waals surface area contributed by atoms with E-state index in [1.165, 1.54) is 45.3 Å². The van der Waals surface area contributed by atoms with Crippen molar-refractivity contribution in [3.63, 3.8) is 0 Å². The summed E-state index contributed by atoms with van der Waals surface area (Å²) in [5.41, 5.74) is 0. The summed E-state index contributed by atoms with van der Waals surface area (Å²) in [6.07, 6.45) is 5.91. The first-order valence-electron chi connectivity index (χ1n) is 8.51. The van der Waals surface area contributed by atoms with E-state index in [0.717, 1.165) is 36.3 Å². The lowest BCUT2D eigenvalue weighted by Gasteiger charge is -2.35. The predicted octanol–water partition coefficient (Wildman–Crippen LogP) is 3.38. The molecule has 1 atom stereocenters. The van der Waals surface area contributed by atoms with Gasteiger partial charge in [-0.15, -0.1) is 0 Å². The zero-order valence-electron chi connectivity index (χ0n) is 13.5. The topological polar surface area (TPSA) is 15.3 Å². The van der Waals surface area contributed by atoms with Crippen LogP contribution in [0.15, 0.2) is 0 Å². The SMILES string of the molecule is CC(C)CNCC(C(C)C)N(CC1CC1)CC1CC1. The lowest BCUT2D eigenvalue weighted by molar-refractivity contribution is 0.138. The standard InChI is InChI=1S/C17H34N2/c1-13(2)9-18-10-17(14(3)4)19(11-15-5-6-15)12-16-7-8-16/h13-18H,5-12H2,1-4H3. The van der Waals surface area contributed by atoms with Crippen LogP contribution in [0.5, 0.6) is 0 Å². The molecule has 2 heteroatoms. The minimum atomic E-state index is 0.736. The molecule has 2 rings (SSSR count). The highest BCUT2D eigenvalue weighted by Gasteiger charge is 2.33. The summed E-state index contributed by atoms with van der Waals surface area (Å²) in [5, 5.41) is 3.69. The molecular formula is C17H34N2. The molecular weight excluding hydrogens is 232 g/mol. The molecule has 0 bridgehead atoms. The first-order chi connectivity index (χ1) is 9.06. The van der Waals surface area contributed by atoms with Gasteiger partial charge in [0.05, 0.1) is 0 Å². The lowest BCUT2D eigenvalue weighted by atomic mass is 10.0. The summed E-state index contributed by atoms with van der Waals surface area (Å²) in [6, 6.07) is 0.736. The van der Waals surface area contributed by atoms with E-state index in [9.17, 15) is 0 Å². The number of rotatable bonds is 10. The minimum Gasteiger partial charge on any atom is -0.315 e. The number of hydrogen-bond acceptors (Lipinski definition) is 2. The van der Waals surface area contributed by atoms with Crippen LogP contribution in [0, 0.1) is 23.7 Å². The smallest absolute Gasteiger partial charge is 0.0243 e. The molecule has 2 nitrogen and oxygen atoms in total. The summed E-state index contributed by atoms with van der Waals surface area (Å²) in [7, 11) is 0. The van der Waals surface area contributed by atoms with Gasteiger partial charge >= 0.3 is 0 Å². The molecule has 19 heavy (non-hydrogen) atoms. The van der Waals surface area contributed by atoms with Crippen molar-refractivity contribution in [2.45, 2.75) is 59.4 Å². The van der Waals surface area contributed by atoms with E-state index >= 15 is 0 Å². The Balaban J connectivity index is 1.83. The third-order valence-electron chi connectivity index (χ3n) is 4.52. The summed E-state index contributed by atoms with van der Waals surface area (Å²) >= 11 is 0. The van der Waals surface area contributed by atoms with Crippen LogP contribution >= 0.6 is 0 Å². The van der Waals surface area contributed by atoms with Crippen LogP contribution in [0.25, 0.3) is 0 Å². The van der Waals surface area contributed by atoms with Gasteiger partial charge in [0, 0.05) is 25.7 Å². The van der Waals surface area contributed by atoms with Gasteiger partial charge in [0.25, 0.3) is 0 Å². The molecule has 0 spiro atoms.